The van der Waals surface area contributed by atoms with Gasteiger partial charge in [-0.1, -0.05) is 41.4 Å². The van der Waals surface area contributed by atoms with Crippen LogP contribution in [0.1, 0.15) is 34.1 Å². The largest absolute Gasteiger partial charge is 0.449 e. The van der Waals surface area contributed by atoms with E-state index in [1.54, 1.807) is 6.92 Å². The number of nitrogens with one attached hydrogen (secondary N) is 1. The lowest BCUT2D eigenvalue weighted by molar-refractivity contribution is -0.127. The van der Waals surface area contributed by atoms with Crippen LogP contribution in [0.25, 0.3) is 0 Å². The first-order valence-corrected chi connectivity index (χ1v) is 8.16. The van der Waals surface area contributed by atoms with E-state index in [2.05, 4.69) is 5.10 Å². The van der Waals surface area contributed by atoms with Gasteiger partial charge in [0, 0.05) is 0 Å². The first kappa shape index (κ1) is 19.5. The number of benzene rings is 1. The van der Waals surface area contributed by atoms with Crippen LogP contribution >= 0.6 is 11.6 Å². The number of urea groups is 1. The summed E-state index contributed by atoms with van der Waals surface area (Å²) in [6.07, 6.45) is -1.22. The Bertz CT molecular complexity index is 845. The molecule has 2 rings (SSSR count). The molecule has 0 radical (unpaired) electrons. The number of imide groups is 1. The summed E-state index contributed by atoms with van der Waals surface area (Å²) in [6, 6.07) is 6.79. The molecule has 9 heteroatoms. The van der Waals surface area contributed by atoms with Crippen molar-refractivity contribution in [3.63, 3.8) is 0 Å². The summed E-state index contributed by atoms with van der Waals surface area (Å²) in [5, 5.41) is 6.21. The number of carbonyl (C=O) groups is 3. The molecule has 0 aliphatic carbocycles. The fourth-order valence-corrected chi connectivity index (χ4v) is 2.56. The minimum absolute atomic E-state index is 0.0671. The van der Waals surface area contributed by atoms with Crippen LogP contribution in [0.15, 0.2) is 24.3 Å². The van der Waals surface area contributed by atoms with Crippen molar-refractivity contribution in [1.82, 2.24) is 15.1 Å². The number of hydrogen-bond acceptors (Lipinski definition) is 5. The number of halogens is 1. The summed E-state index contributed by atoms with van der Waals surface area (Å²) in [5.41, 5.74) is 7.39. The Morgan fingerprint density at radius 1 is 1.27 bits per heavy atom. The number of aromatic nitrogens is 2. The Kier molecular flexibility index (Phi) is 5.99. The maximum atomic E-state index is 12.3. The first-order valence-electron chi connectivity index (χ1n) is 7.78. The molecule has 138 valence electrons. The molecular weight excluding hydrogens is 360 g/mol. The highest BCUT2D eigenvalue weighted by atomic mass is 35.5. The van der Waals surface area contributed by atoms with E-state index < -0.39 is 24.0 Å². The Balaban J connectivity index is 2.15. The molecular formula is C17H19ClN4O4. The molecule has 0 saturated heterocycles. The van der Waals surface area contributed by atoms with Crippen LogP contribution in [0.5, 0.6) is 0 Å². The van der Waals surface area contributed by atoms with Crippen LogP contribution in [-0.4, -0.2) is 33.8 Å². The molecule has 8 nitrogen and oxygen atoms in total. The maximum absolute atomic E-state index is 12.3. The average molecular weight is 379 g/mol. The number of rotatable bonds is 5. The second-order valence-electron chi connectivity index (χ2n) is 5.80. The van der Waals surface area contributed by atoms with Gasteiger partial charge in [0.1, 0.15) is 10.7 Å². The summed E-state index contributed by atoms with van der Waals surface area (Å²) < 4.78 is 6.52. The van der Waals surface area contributed by atoms with E-state index in [0.29, 0.717) is 12.2 Å². The summed E-state index contributed by atoms with van der Waals surface area (Å²) in [7, 11) is 0. The lowest BCUT2D eigenvalue weighted by Crippen LogP contribution is -2.42. The van der Waals surface area contributed by atoms with Gasteiger partial charge in [0.2, 0.25) is 0 Å². The number of carbonyl (C=O) groups excluding carboxylic acids is 3. The van der Waals surface area contributed by atoms with Gasteiger partial charge in [0.25, 0.3) is 5.91 Å². The molecule has 26 heavy (non-hydrogen) atoms. The first-order chi connectivity index (χ1) is 12.2. The quantitative estimate of drug-likeness (QED) is 0.771. The number of hydrogen-bond donors (Lipinski definition) is 2. The van der Waals surface area contributed by atoms with Crippen molar-refractivity contribution >= 4 is 29.5 Å². The molecule has 0 unspecified atom stereocenters. The molecule has 1 heterocycles. The van der Waals surface area contributed by atoms with Crippen molar-refractivity contribution in [2.75, 3.05) is 0 Å². The van der Waals surface area contributed by atoms with Crippen molar-refractivity contribution in [2.45, 2.75) is 33.4 Å². The summed E-state index contributed by atoms with van der Waals surface area (Å²) in [6.45, 7) is 5.29. The van der Waals surface area contributed by atoms with E-state index in [9.17, 15) is 14.4 Å². The fourth-order valence-electron chi connectivity index (χ4n) is 2.25. The zero-order valence-electron chi connectivity index (χ0n) is 14.6. The number of esters is 1. The molecule has 0 saturated carbocycles. The molecule has 3 N–H and O–H groups in total. The molecule has 1 aromatic carbocycles. The predicted octanol–water partition coefficient (Wildman–Crippen LogP) is 1.94. The Morgan fingerprint density at radius 3 is 2.46 bits per heavy atom. The number of aryl methyl sites for hydroxylation is 2. The highest BCUT2D eigenvalue weighted by Crippen LogP contribution is 2.22. The third kappa shape index (κ3) is 4.60. The van der Waals surface area contributed by atoms with Gasteiger partial charge in [-0.2, -0.15) is 5.10 Å². The lowest BCUT2D eigenvalue weighted by Gasteiger charge is -2.11. The monoisotopic (exact) mass is 378 g/mol. The molecule has 1 atom stereocenters. The van der Waals surface area contributed by atoms with Crippen molar-refractivity contribution < 1.29 is 19.1 Å². The third-order valence-corrected chi connectivity index (χ3v) is 4.01. The van der Waals surface area contributed by atoms with Crippen LogP contribution in [0, 0.1) is 13.8 Å². The van der Waals surface area contributed by atoms with E-state index in [1.165, 1.54) is 11.6 Å². The van der Waals surface area contributed by atoms with Gasteiger partial charge in [0.05, 0.1) is 12.2 Å². The van der Waals surface area contributed by atoms with E-state index >= 15 is 0 Å². The lowest BCUT2D eigenvalue weighted by atomic mass is 10.1. The van der Waals surface area contributed by atoms with Crippen LogP contribution in [-0.2, 0) is 16.1 Å². The van der Waals surface area contributed by atoms with Crippen LogP contribution in [0.4, 0.5) is 4.79 Å². The van der Waals surface area contributed by atoms with Gasteiger partial charge >= 0.3 is 12.0 Å². The van der Waals surface area contributed by atoms with Gasteiger partial charge in [-0.25, -0.2) is 14.3 Å². The summed E-state index contributed by atoms with van der Waals surface area (Å²) in [5.74, 6) is -1.64. The number of nitrogens with zero attached hydrogens (tertiary/aromatic N) is 2. The third-order valence-electron chi connectivity index (χ3n) is 3.62. The van der Waals surface area contributed by atoms with E-state index in [1.807, 2.05) is 36.5 Å². The zero-order chi connectivity index (χ0) is 19.4. The van der Waals surface area contributed by atoms with E-state index in [4.69, 9.17) is 22.1 Å². The molecule has 0 aliphatic heterocycles. The second kappa shape index (κ2) is 8.01. The average Bonchev–Trinajstić information content (AvgIpc) is 2.82. The predicted molar refractivity (Wildman–Crippen MR) is 94.9 cm³/mol. The standard InChI is InChI=1S/C17H19ClN4O4/c1-9-4-6-12(7-5-9)8-22-14(18)13(10(2)21-22)16(24)26-11(3)15(23)20-17(19)25/h4-7,11H,8H2,1-3H3,(H3,19,20,23,25)/t11-/m1/s1. The van der Waals surface area contributed by atoms with E-state index in [0.717, 1.165) is 11.1 Å². The highest BCUT2D eigenvalue weighted by molar-refractivity contribution is 6.32. The van der Waals surface area contributed by atoms with Gasteiger partial charge < -0.3 is 10.5 Å². The number of primary amides is 1. The molecule has 1 aromatic heterocycles. The Hall–Kier alpha value is -2.87. The Morgan fingerprint density at radius 2 is 1.88 bits per heavy atom. The van der Waals surface area contributed by atoms with E-state index in [-0.39, 0.29) is 10.7 Å². The van der Waals surface area contributed by atoms with Crippen LogP contribution in [0.3, 0.4) is 0 Å². The topological polar surface area (TPSA) is 116 Å². The minimum atomic E-state index is -1.22. The number of ether oxygens (including phenoxy) is 1. The van der Waals surface area contributed by atoms with Crippen molar-refractivity contribution in [2.24, 2.45) is 5.73 Å². The summed E-state index contributed by atoms with van der Waals surface area (Å²) in [4.78, 5) is 34.7. The van der Waals surface area contributed by atoms with Crippen LogP contribution < -0.4 is 11.1 Å². The normalized spacial score (nSPS) is 11.7. The smallest absolute Gasteiger partial charge is 0.343 e. The fraction of sp³-hybridized carbons (Fsp3) is 0.294. The number of amides is 3. The molecule has 3 amide bonds. The van der Waals surface area contributed by atoms with Crippen molar-refractivity contribution in [3.05, 3.63) is 51.8 Å². The maximum Gasteiger partial charge on any atom is 0.343 e. The number of nitrogens with two attached hydrogens (primary N) is 1. The van der Waals surface area contributed by atoms with Crippen LogP contribution in [0.2, 0.25) is 5.15 Å². The SMILES string of the molecule is Cc1ccc(Cn2nc(C)c(C(=O)O[C@H](C)C(=O)NC(N)=O)c2Cl)cc1. The van der Waals surface area contributed by atoms with Gasteiger partial charge in [-0.15, -0.1) is 0 Å². The summed E-state index contributed by atoms with van der Waals surface area (Å²) >= 11 is 6.28. The molecule has 0 aliphatic rings. The van der Waals surface area contributed by atoms with Crippen molar-refractivity contribution in [3.8, 4) is 0 Å². The molecule has 2 aromatic rings. The molecule has 0 bridgehead atoms. The van der Waals surface area contributed by atoms with Gasteiger partial charge in [0.15, 0.2) is 6.10 Å². The van der Waals surface area contributed by atoms with Gasteiger partial charge in [-0.3, -0.25) is 10.1 Å². The minimum Gasteiger partial charge on any atom is -0.449 e. The van der Waals surface area contributed by atoms with Crippen molar-refractivity contribution in [1.29, 1.82) is 0 Å². The highest BCUT2D eigenvalue weighted by Gasteiger charge is 2.26. The molecule has 0 spiro atoms. The van der Waals surface area contributed by atoms with Gasteiger partial charge in [-0.05, 0) is 26.3 Å². The second-order valence-corrected chi connectivity index (χ2v) is 6.15. The zero-order valence-corrected chi connectivity index (χ0v) is 15.3. The Labute approximate surface area is 155 Å². The molecule has 0 fully saturated rings.